The molecule has 1 N–H and O–H groups in total. The molecule has 3 nitrogen and oxygen atoms in total. The Kier molecular flexibility index (Phi) is 2.28. The number of nitrogens with one attached hydrogen (secondary N) is 1. The lowest BCUT2D eigenvalue weighted by molar-refractivity contribution is -0.141. The molecule has 1 aromatic heterocycles. The second kappa shape index (κ2) is 3.36. The van der Waals surface area contributed by atoms with Gasteiger partial charge in [-0.1, -0.05) is 6.92 Å². The van der Waals surface area contributed by atoms with Gasteiger partial charge in [-0.05, 0) is 24.5 Å². The summed E-state index contributed by atoms with van der Waals surface area (Å²) in [5, 5.41) is 9.60. The highest BCUT2D eigenvalue weighted by Crippen LogP contribution is 2.32. The standard InChI is InChI=1S/C9H10F3N3/c1-5-4-6(5)13-8-3-2-7(14-15-8)9(10,11)12/h2-3,5-6H,4H2,1H3,(H,13,15). The average Bonchev–Trinajstić information content (AvgIpc) is 2.81. The highest BCUT2D eigenvalue weighted by atomic mass is 19.4. The molecule has 0 saturated heterocycles. The minimum atomic E-state index is -4.42. The van der Waals surface area contributed by atoms with Crippen LogP contribution in [-0.2, 0) is 6.18 Å². The van der Waals surface area contributed by atoms with Crippen LogP contribution in [-0.4, -0.2) is 16.2 Å². The summed E-state index contributed by atoms with van der Waals surface area (Å²) in [5.74, 6) is 0.964. The number of alkyl halides is 3. The molecule has 2 rings (SSSR count). The van der Waals surface area contributed by atoms with Gasteiger partial charge < -0.3 is 5.32 Å². The second-order valence-electron chi connectivity index (χ2n) is 3.77. The van der Waals surface area contributed by atoms with E-state index < -0.39 is 11.9 Å². The summed E-state index contributed by atoms with van der Waals surface area (Å²) in [6, 6.07) is 2.57. The number of anilines is 1. The van der Waals surface area contributed by atoms with E-state index in [1.54, 1.807) is 0 Å². The van der Waals surface area contributed by atoms with Crippen LogP contribution in [0.5, 0.6) is 0 Å². The summed E-state index contributed by atoms with van der Waals surface area (Å²) < 4.78 is 36.4. The summed E-state index contributed by atoms with van der Waals surface area (Å²) in [5.41, 5.74) is -0.961. The van der Waals surface area contributed by atoms with Gasteiger partial charge in [0.2, 0.25) is 0 Å². The van der Waals surface area contributed by atoms with Crippen LogP contribution in [0.4, 0.5) is 19.0 Å². The summed E-state index contributed by atoms with van der Waals surface area (Å²) in [4.78, 5) is 0. The third-order valence-electron chi connectivity index (χ3n) is 2.40. The van der Waals surface area contributed by atoms with Crippen molar-refractivity contribution in [2.75, 3.05) is 5.32 Å². The Morgan fingerprint density at radius 1 is 1.33 bits per heavy atom. The third-order valence-corrected chi connectivity index (χ3v) is 2.40. The zero-order valence-corrected chi connectivity index (χ0v) is 8.04. The number of hydrogen-bond acceptors (Lipinski definition) is 3. The van der Waals surface area contributed by atoms with Crippen LogP contribution in [0.15, 0.2) is 12.1 Å². The Labute approximate surface area is 84.7 Å². The summed E-state index contributed by atoms with van der Waals surface area (Å²) in [7, 11) is 0. The zero-order chi connectivity index (χ0) is 11.1. The maximum atomic E-state index is 12.1. The predicted molar refractivity (Wildman–Crippen MR) is 48.2 cm³/mol. The second-order valence-corrected chi connectivity index (χ2v) is 3.77. The van der Waals surface area contributed by atoms with Crippen molar-refractivity contribution < 1.29 is 13.2 Å². The maximum absolute atomic E-state index is 12.1. The van der Waals surface area contributed by atoms with Crippen molar-refractivity contribution in [1.29, 1.82) is 0 Å². The first-order chi connectivity index (χ1) is 6.97. The smallest absolute Gasteiger partial charge is 0.366 e. The molecule has 82 valence electrons. The molecule has 1 fully saturated rings. The topological polar surface area (TPSA) is 37.8 Å². The largest absolute Gasteiger partial charge is 0.435 e. The van der Waals surface area contributed by atoms with Gasteiger partial charge in [0.15, 0.2) is 5.69 Å². The van der Waals surface area contributed by atoms with Crippen LogP contribution >= 0.6 is 0 Å². The molecule has 1 aliphatic carbocycles. The lowest BCUT2D eigenvalue weighted by Crippen LogP contribution is -2.11. The molecule has 2 atom stereocenters. The number of aromatic nitrogens is 2. The number of nitrogens with zero attached hydrogens (tertiary/aromatic N) is 2. The Hall–Kier alpha value is -1.33. The quantitative estimate of drug-likeness (QED) is 0.826. The van der Waals surface area contributed by atoms with E-state index in [1.165, 1.54) is 6.07 Å². The molecule has 6 heteroatoms. The van der Waals surface area contributed by atoms with Crippen LogP contribution in [0, 0.1) is 5.92 Å². The normalized spacial score (nSPS) is 25.1. The van der Waals surface area contributed by atoms with E-state index in [0.29, 0.717) is 17.8 Å². The predicted octanol–water partition coefficient (Wildman–Crippen LogP) is 2.32. The minimum Gasteiger partial charge on any atom is -0.366 e. The monoisotopic (exact) mass is 217 g/mol. The molecule has 0 radical (unpaired) electrons. The number of halogens is 3. The van der Waals surface area contributed by atoms with Crippen molar-refractivity contribution in [3.8, 4) is 0 Å². The van der Waals surface area contributed by atoms with E-state index in [2.05, 4.69) is 22.4 Å². The van der Waals surface area contributed by atoms with Crippen molar-refractivity contribution in [3.05, 3.63) is 17.8 Å². The lowest BCUT2D eigenvalue weighted by atomic mass is 10.3. The molecular weight excluding hydrogens is 207 g/mol. The first-order valence-corrected chi connectivity index (χ1v) is 4.64. The summed E-state index contributed by atoms with van der Waals surface area (Å²) >= 11 is 0. The van der Waals surface area contributed by atoms with Crippen LogP contribution in [0.1, 0.15) is 19.0 Å². The fraction of sp³-hybridized carbons (Fsp3) is 0.556. The van der Waals surface area contributed by atoms with E-state index in [1.807, 2.05) is 0 Å². The molecule has 0 aliphatic heterocycles. The van der Waals surface area contributed by atoms with Gasteiger partial charge in [-0.15, -0.1) is 10.2 Å². The first-order valence-electron chi connectivity index (χ1n) is 4.64. The van der Waals surface area contributed by atoms with E-state index in [9.17, 15) is 13.2 Å². The molecule has 2 unspecified atom stereocenters. The van der Waals surface area contributed by atoms with Gasteiger partial charge in [0.05, 0.1) is 0 Å². The Morgan fingerprint density at radius 3 is 2.40 bits per heavy atom. The van der Waals surface area contributed by atoms with Crippen LogP contribution in [0.25, 0.3) is 0 Å². The highest BCUT2D eigenvalue weighted by molar-refractivity contribution is 5.36. The minimum absolute atomic E-state index is 0.330. The van der Waals surface area contributed by atoms with Crippen molar-refractivity contribution in [2.45, 2.75) is 25.6 Å². The van der Waals surface area contributed by atoms with Gasteiger partial charge in [0, 0.05) is 6.04 Å². The molecule has 1 aliphatic rings. The molecule has 1 aromatic rings. The maximum Gasteiger partial charge on any atom is 0.435 e. The van der Waals surface area contributed by atoms with Crippen LogP contribution in [0.3, 0.4) is 0 Å². The molecule has 0 aromatic carbocycles. The van der Waals surface area contributed by atoms with Gasteiger partial charge >= 0.3 is 6.18 Å². The average molecular weight is 217 g/mol. The van der Waals surface area contributed by atoms with E-state index in [4.69, 9.17) is 0 Å². The third kappa shape index (κ3) is 2.37. The van der Waals surface area contributed by atoms with Crippen LogP contribution in [0.2, 0.25) is 0 Å². The fourth-order valence-corrected chi connectivity index (χ4v) is 1.27. The first kappa shape index (κ1) is 10.2. The van der Waals surface area contributed by atoms with E-state index >= 15 is 0 Å². The van der Waals surface area contributed by atoms with Gasteiger partial charge in [-0.2, -0.15) is 13.2 Å². The van der Waals surface area contributed by atoms with E-state index in [0.717, 1.165) is 12.5 Å². The van der Waals surface area contributed by atoms with Crippen molar-refractivity contribution in [1.82, 2.24) is 10.2 Å². The summed E-state index contributed by atoms with van der Waals surface area (Å²) in [6.07, 6.45) is -3.39. The molecule has 0 amide bonds. The number of hydrogen-bond donors (Lipinski definition) is 1. The number of rotatable bonds is 2. The Bertz CT molecular complexity index is 347. The SMILES string of the molecule is CC1CC1Nc1ccc(C(F)(F)F)nn1. The fourth-order valence-electron chi connectivity index (χ4n) is 1.27. The van der Waals surface area contributed by atoms with Gasteiger partial charge in [-0.25, -0.2) is 0 Å². The molecule has 0 spiro atoms. The molecule has 15 heavy (non-hydrogen) atoms. The molecule has 1 saturated carbocycles. The van der Waals surface area contributed by atoms with Gasteiger partial charge in [0.25, 0.3) is 0 Å². The van der Waals surface area contributed by atoms with E-state index in [-0.39, 0.29) is 0 Å². The molecule has 1 heterocycles. The Morgan fingerprint density at radius 2 is 2.00 bits per heavy atom. The lowest BCUT2D eigenvalue weighted by Gasteiger charge is -2.06. The zero-order valence-electron chi connectivity index (χ0n) is 8.04. The Balaban J connectivity index is 2.04. The van der Waals surface area contributed by atoms with Gasteiger partial charge in [0.1, 0.15) is 5.82 Å². The summed E-state index contributed by atoms with van der Waals surface area (Å²) in [6.45, 7) is 2.06. The van der Waals surface area contributed by atoms with Crippen molar-refractivity contribution in [3.63, 3.8) is 0 Å². The highest BCUT2D eigenvalue weighted by Gasteiger charge is 2.34. The van der Waals surface area contributed by atoms with Gasteiger partial charge in [-0.3, -0.25) is 0 Å². The van der Waals surface area contributed by atoms with Crippen molar-refractivity contribution >= 4 is 5.82 Å². The molecular formula is C9H10F3N3. The van der Waals surface area contributed by atoms with Crippen LogP contribution < -0.4 is 5.32 Å². The molecule has 0 bridgehead atoms. The van der Waals surface area contributed by atoms with Crippen molar-refractivity contribution in [2.24, 2.45) is 5.92 Å².